The van der Waals surface area contributed by atoms with E-state index >= 15 is 0 Å². The summed E-state index contributed by atoms with van der Waals surface area (Å²) in [6.45, 7) is 2.95. The highest BCUT2D eigenvalue weighted by atomic mass is 35.5. The Hall–Kier alpha value is -2.24. The fourth-order valence-electron chi connectivity index (χ4n) is 2.22. The molecule has 0 aromatic heterocycles. The fourth-order valence-corrected chi connectivity index (χ4v) is 2.34. The van der Waals surface area contributed by atoms with E-state index in [1.54, 1.807) is 19.2 Å². The van der Waals surface area contributed by atoms with E-state index in [4.69, 9.17) is 21.1 Å². The van der Waals surface area contributed by atoms with Gasteiger partial charge in [-0.25, -0.2) is 0 Å². The Kier molecular flexibility index (Phi) is 7.10. The third-order valence-corrected chi connectivity index (χ3v) is 4.18. The van der Waals surface area contributed by atoms with Crippen molar-refractivity contribution in [1.29, 1.82) is 0 Å². The van der Waals surface area contributed by atoms with Crippen LogP contribution in [0.3, 0.4) is 0 Å². The molecular weight excluding hydrogens is 340 g/mol. The predicted molar refractivity (Wildman–Crippen MR) is 101 cm³/mol. The first-order valence-corrected chi connectivity index (χ1v) is 8.41. The van der Waals surface area contributed by atoms with Crippen LogP contribution in [0.15, 0.2) is 48.5 Å². The minimum absolute atomic E-state index is 0.0986. The van der Waals surface area contributed by atoms with Gasteiger partial charge in [0.25, 0.3) is 0 Å². The molecular formula is C19H23ClN2O3. The van der Waals surface area contributed by atoms with Crippen molar-refractivity contribution >= 4 is 23.2 Å². The SMILES string of the molecule is COc1ccccc1NC(=O)C(C)N(C)CCOc1ccc(Cl)cc1. The van der Waals surface area contributed by atoms with Gasteiger partial charge in [-0.2, -0.15) is 0 Å². The summed E-state index contributed by atoms with van der Waals surface area (Å²) in [5.74, 6) is 1.29. The van der Waals surface area contributed by atoms with Gasteiger partial charge in [-0.15, -0.1) is 0 Å². The molecule has 0 aliphatic carbocycles. The van der Waals surface area contributed by atoms with E-state index in [9.17, 15) is 4.79 Å². The van der Waals surface area contributed by atoms with Crippen molar-refractivity contribution in [3.05, 3.63) is 53.6 Å². The molecule has 0 saturated heterocycles. The molecule has 0 radical (unpaired) electrons. The number of carbonyl (C=O) groups is 1. The maximum atomic E-state index is 12.4. The highest BCUT2D eigenvalue weighted by Gasteiger charge is 2.19. The van der Waals surface area contributed by atoms with E-state index in [1.807, 2.05) is 55.3 Å². The van der Waals surface area contributed by atoms with Gasteiger partial charge in [0.15, 0.2) is 0 Å². The summed E-state index contributed by atoms with van der Waals surface area (Å²) in [5.41, 5.74) is 0.660. The van der Waals surface area contributed by atoms with Crippen molar-refractivity contribution in [1.82, 2.24) is 4.90 Å². The summed E-state index contributed by atoms with van der Waals surface area (Å²) >= 11 is 5.84. The van der Waals surface area contributed by atoms with Gasteiger partial charge in [0, 0.05) is 11.6 Å². The molecule has 0 spiro atoms. The van der Waals surface area contributed by atoms with Crippen LogP contribution in [-0.4, -0.2) is 44.2 Å². The van der Waals surface area contributed by atoms with Crippen LogP contribution in [-0.2, 0) is 4.79 Å². The second kappa shape index (κ2) is 9.30. The molecule has 1 unspecified atom stereocenters. The Bertz CT molecular complexity index is 691. The third kappa shape index (κ3) is 5.66. The van der Waals surface area contributed by atoms with Gasteiger partial charge in [-0.3, -0.25) is 9.69 Å². The number of methoxy groups -OCH3 is 1. The lowest BCUT2D eigenvalue weighted by atomic mass is 10.2. The lowest BCUT2D eigenvalue weighted by Gasteiger charge is -2.24. The van der Waals surface area contributed by atoms with Gasteiger partial charge in [0.1, 0.15) is 18.1 Å². The summed E-state index contributed by atoms with van der Waals surface area (Å²) in [5, 5.41) is 3.57. The molecule has 25 heavy (non-hydrogen) atoms. The molecule has 134 valence electrons. The topological polar surface area (TPSA) is 50.8 Å². The van der Waals surface area contributed by atoms with Gasteiger partial charge < -0.3 is 14.8 Å². The Morgan fingerprint density at radius 2 is 1.88 bits per heavy atom. The molecule has 1 N–H and O–H groups in total. The molecule has 1 atom stereocenters. The van der Waals surface area contributed by atoms with Crippen molar-refractivity contribution in [3.63, 3.8) is 0 Å². The summed E-state index contributed by atoms with van der Waals surface area (Å²) in [6.07, 6.45) is 0. The fraction of sp³-hybridized carbons (Fsp3) is 0.316. The number of nitrogens with one attached hydrogen (secondary N) is 1. The average molecular weight is 363 g/mol. The van der Waals surface area contributed by atoms with E-state index in [2.05, 4.69) is 5.32 Å². The highest BCUT2D eigenvalue weighted by Crippen LogP contribution is 2.23. The van der Waals surface area contributed by atoms with Crippen LogP contribution in [0.1, 0.15) is 6.92 Å². The summed E-state index contributed by atoms with van der Waals surface area (Å²) < 4.78 is 10.9. The minimum atomic E-state index is -0.307. The van der Waals surface area contributed by atoms with E-state index in [1.165, 1.54) is 0 Å². The quantitative estimate of drug-likeness (QED) is 0.778. The zero-order valence-electron chi connectivity index (χ0n) is 14.7. The Morgan fingerprint density at radius 3 is 2.56 bits per heavy atom. The molecule has 2 rings (SSSR count). The second-order valence-electron chi connectivity index (χ2n) is 5.65. The zero-order valence-corrected chi connectivity index (χ0v) is 15.4. The minimum Gasteiger partial charge on any atom is -0.495 e. The number of likely N-dealkylation sites (N-methyl/N-ethyl adjacent to an activating group) is 1. The van der Waals surface area contributed by atoms with Crippen LogP contribution in [0, 0.1) is 0 Å². The van der Waals surface area contributed by atoms with E-state index in [-0.39, 0.29) is 11.9 Å². The maximum Gasteiger partial charge on any atom is 0.241 e. The molecule has 0 saturated carbocycles. The maximum absolute atomic E-state index is 12.4. The predicted octanol–water partition coefficient (Wildman–Crippen LogP) is 3.69. The molecule has 0 heterocycles. The largest absolute Gasteiger partial charge is 0.495 e. The number of carbonyl (C=O) groups excluding carboxylic acids is 1. The second-order valence-corrected chi connectivity index (χ2v) is 6.08. The normalized spacial score (nSPS) is 11.9. The standard InChI is InChI=1S/C19H23ClN2O3/c1-14(19(23)21-17-6-4-5-7-18(17)24-3)22(2)12-13-25-16-10-8-15(20)9-11-16/h4-11,14H,12-13H2,1-3H3,(H,21,23). The van der Waals surface area contributed by atoms with Crippen molar-refractivity contribution in [2.75, 3.05) is 32.6 Å². The lowest BCUT2D eigenvalue weighted by Crippen LogP contribution is -2.41. The van der Waals surface area contributed by atoms with Crippen molar-refractivity contribution in [2.45, 2.75) is 13.0 Å². The molecule has 5 nitrogen and oxygen atoms in total. The van der Waals surface area contributed by atoms with Crippen LogP contribution < -0.4 is 14.8 Å². The van der Waals surface area contributed by atoms with Crippen molar-refractivity contribution < 1.29 is 14.3 Å². The molecule has 0 aliphatic heterocycles. The smallest absolute Gasteiger partial charge is 0.241 e. The molecule has 1 amide bonds. The number of para-hydroxylation sites is 2. The monoisotopic (exact) mass is 362 g/mol. The first kappa shape index (κ1) is 19.1. The first-order chi connectivity index (χ1) is 12.0. The molecule has 0 aliphatic rings. The lowest BCUT2D eigenvalue weighted by molar-refractivity contribution is -0.120. The van der Waals surface area contributed by atoms with E-state index < -0.39 is 0 Å². The number of hydrogen-bond donors (Lipinski definition) is 1. The van der Waals surface area contributed by atoms with Gasteiger partial charge in [-0.05, 0) is 50.4 Å². The Morgan fingerprint density at radius 1 is 1.20 bits per heavy atom. The van der Waals surface area contributed by atoms with Gasteiger partial charge in [0.05, 0.1) is 18.8 Å². The van der Waals surface area contributed by atoms with Crippen LogP contribution in [0.5, 0.6) is 11.5 Å². The number of ether oxygens (including phenoxy) is 2. The number of benzene rings is 2. The molecule has 0 fully saturated rings. The Balaban J connectivity index is 1.83. The van der Waals surface area contributed by atoms with E-state index in [0.29, 0.717) is 29.6 Å². The number of rotatable bonds is 8. The number of hydrogen-bond acceptors (Lipinski definition) is 4. The number of amides is 1. The molecule has 6 heteroatoms. The van der Waals surface area contributed by atoms with Crippen molar-refractivity contribution in [2.24, 2.45) is 0 Å². The van der Waals surface area contributed by atoms with Crippen LogP contribution in [0.25, 0.3) is 0 Å². The zero-order chi connectivity index (χ0) is 18.2. The Labute approximate surface area is 153 Å². The van der Waals surface area contributed by atoms with Gasteiger partial charge >= 0.3 is 0 Å². The van der Waals surface area contributed by atoms with Crippen LogP contribution in [0.2, 0.25) is 5.02 Å². The van der Waals surface area contributed by atoms with E-state index in [0.717, 1.165) is 5.75 Å². The van der Waals surface area contributed by atoms with Crippen molar-refractivity contribution in [3.8, 4) is 11.5 Å². The molecule has 2 aromatic carbocycles. The first-order valence-electron chi connectivity index (χ1n) is 8.03. The number of halogens is 1. The third-order valence-electron chi connectivity index (χ3n) is 3.93. The summed E-state index contributed by atoms with van der Waals surface area (Å²) in [6, 6.07) is 14.2. The molecule has 2 aromatic rings. The van der Waals surface area contributed by atoms with Gasteiger partial charge in [-0.1, -0.05) is 23.7 Å². The molecule has 0 bridgehead atoms. The van der Waals surface area contributed by atoms with Crippen LogP contribution >= 0.6 is 11.6 Å². The van der Waals surface area contributed by atoms with Crippen LogP contribution in [0.4, 0.5) is 5.69 Å². The summed E-state index contributed by atoms with van der Waals surface area (Å²) in [4.78, 5) is 14.4. The summed E-state index contributed by atoms with van der Waals surface area (Å²) in [7, 11) is 3.46. The number of nitrogens with zero attached hydrogens (tertiary/aromatic N) is 1. The average Bonchev–Trinajstić information content (AvgIpc) is 2.63. The highest BCUT2D eigenvalue weighted by molar-refractivity contribution is 6.30. The van der Waals surface area contributed by atoms with Gasteiger partial charge in [0.2, 0.25) is 5.91 Å². The number of anilines is 1.